The van der Waals surface area contributed by atoms with Crippen LogP contribution in [0.2, 0.25) is 0 Å². The second-order valence-electron chi connectivity index (χ2n) is 7.87. The smallest absolute Gasteiger partial charge is 0.204 e. The predicted molar refractivity (Wildman–Crippen MR) is 117 cm³/mol. The van der Waals surface area contributed by atoms with Crippen LogP contribution in [-0.4, -0.2) is 80.3 Å². The average Bonchev–Trinajstić information content (AvgIpc) is 3.12. The highest BCUT2D eigenvalue weighted by atomic mass is 16.5. The molecule has 31 heavy (non-hydrogen) atoms. The number of anilines is 1. The fourth-order valence-electron chi connectivity index (χ4n) is 3.79. The van der Waals surface area contributed by atoms with E-state index >= 15 is 0 Å². The van der Waals surface area contributed by atoms with Crippen molar-refractivity contribution in [1.29, 1.82) is 0 Å². The summed E-state index contributed by atoms with van der Waals surface area (Å²) in [6.07, 6.45) is -0.565. The first-order valence-corrected chi connectivity index (χ1v) is 10.5. The summed E-state index contributed by atoms with van der Waals surface area (Å²) in [6.45, 7) is 6.05. The van der Waals surface area contributed by atoms with Gasteiger partial charge in [0.15, 0.2) is 0 Å². The normalized spacial score (nSPS) is 16.0. The molecule has 1 fully saturated rings. The Morgan fingerprint density at radius 1 is 1.16 bits per heavy atom. The summed E-state index contributed by atoms with van der Waals surface area (Å²) in [4.78, 5) is 11.3. The van der Waals surface area contributed by atoms with Crippen molar-refractivity contribution in [2.24, 2.45) is 0 Å². The van der Waals surface area contributed by atoms with Crippen LogP contribution >= 0.6 is 0 Å². The minimum Gasteiger partial charge on any atom is -0.506 e. The lowest BCUT2D eigenvalue weighted by molar-refractivity contribution is 0.0171. The van der Waals surface area contributed by atoms with Crippen molar-refractivity contribution in [3.8, 4) is 5.75 Å². The second kappa shape index (κ2) is 9.61. The minimum atomic E-state index is -0.565. The molecular weight excluding hydrogens is 398 g/mol. The standard InChI is InChI=1S/C22H29N5O4/c1-15-2-5-21(30)19(24-15)13-27-20-4-3-16(14-28)10-18(20)25-22(27)23-11-17(29)12-26-6-8-31-9-7-26/h2-5,10,17,28-30H,6-9,11-14H2,1H3,(H,23,25). The molecular formula is C22H29N5O4. The number of aliphatic hydroxyl groups excluding tert-OH is 2. The first kappa shape index (κ1) is 21.5. The molecule has 3 aromatic rings. The quantitative estimate of drug-likeness (QED) is 0.422. The molecule has 9 nitrogen and oxygen atoms in total. The highest BCUT2D eigenvalue weighted by Crippen LogP contribution is 2.25. The fraction of sp³-hybridized carbons (Fsp3) is 0.455. The Balaban J connectivity index is 1.57. The van der Waals surface area contributed by atoms with E-state index in [1.807, 2.05) is 29.7 Å². The first-order chi connectivity index (χ1) is 15.0. The number of nitrogens with one attached hydrogen (secondary N) is 1. The van der Waals surface area contributed by atoms with E-state index in [9.17, 15) is 15.3 Å². The van der Waals surface area contributed by atoms with Crippen LogP contribution in [0.4, 0.5) is 5.95 Å². The molecule has 1 unspecified atom stereocenters. The number of pyridine rings is 1. The van der Waals surface area contributed by atoms with Crippen molar-refractivity contribution in [3.63, 3.8) is 0 Å². The van der Waals surface area contributed by atoms with Crippen LogP contribution in [0.3, 0.4) is 0 Å². The van der Waals surface area contributed by atoms with Gasteiger partial charge in [-0.3, -0.25) is 9.88 Å². The minimum absolute atomic E-state index is 0.0654. The second-order valence-corrected chi connectivity index (χ2v) is 7.87. The number of hydrogen-bond acceptors (Lipinski definition) is 8. The Labute approximate surface area is 180 Å². The number of aryl methyl sites for hydroxylation is 1. The molecule has 1 atom stereocenters. The topological polar surface area (TPSA) is 116 Å². The largest absolute Gasteiger partial charge is 0.506 e. The van der Waals surface area contributed by atoms with Crippen LogP contribution in [-0.2, 0) is 17.9 Å². The maximum absolute atomic E-state index is 10.5. The summed E-state index contributed by atoms with van der Waals surface area (Å²) in [7, 11) is 0. The van der Waals surface area contributed by atoms with Gasteiger partial charge in [-0.05, 0) is 36.8 Å². The zero-order valence-corrected chi connectivity index (χ0v) is 17.7. The van der Waals surface area contributed by atoms with Crippen LogP contribution in [0.15, 0.2) is 30.3 Å². The zero-order chi connectivity index (χ0) is 21.8. The number of aromatic hydroxyl groups is 1. The van der Waals surface area contributed by atoms with Gasteiger partial charge < -0.3 is 29.9 Å². The van der Waals surface area contributed by atoms with Gasteiger partial charge >= 0.3 is 0 Å². The summed E-state index contributed by atoms with van der Waals surface area (Å²) in [5, 5.41) is 33.5. The van der Waals surface area contributed by atoms with Crippen molar-refractivity contribution in [2.45, 2.75) is 26.2 Å². The van der Waals surface area contributed by atoms with Crippen LogP contribution in [0, 0.1) is 6.92 Å². The summed E-state index contributed by atoms with van der Waals surface area (Å²) >= 11 is 0. The molecule has 9 heteroatoms. The molecule has 0 saturated carbocycles. The Morgan fingerprint density at radius 3 is 2.74 bits per heavy atom. The molecule has 0 bridgehead atoms. The van der Waals surface area contributed by atoms with Crippen molar-refractivity contribution in [1.82, 2.24) is 19.4 Å². The van der Waals surface area contributed by atoms with E-state index in [-0.39, 0.29) is 12.4 Å². The number of ether oxygens (including phenoxy) is 1. The van der Waals surface area contributed by atoms with Gasteiger partial charge in [-0.1, -0.05) is 6.07 Å². The summed E-state index contributed by atoms with van der Waals surface area (Å²) < 4.78 is 7.29. The summed E-state index contributed by atoms with van der Waals surface area (Å²) in [5.74, 6) is 0.701. The van der Waals surface area contributed by atoms with Gasteiger partial charge in [0, 0.05) is 31.9 Å². The van der Waals surface area contributed by atoms with E-state index in [1.54, 1.807) is 12.1 Å². The van der Waals surface area contributed by atoms with E-state index in [1.165, 1.54) is 0 Å². The predicted octanol–water partition coefficient (Wildman–Crippen LogP) is 1.09. The Kier molecular flexibility index (Phi) is 6.67. The molecule has 1 aromatic carbocycles. The van der Waals surface area contributed by atoms with Crippen LogP contribution in [0.5, 0.6) is 5.75 Å². The van der Waals surface area contributed by atoms with Gasteiger partial charge in [0.1, 0.15) is 11.4 Å². The molecule has 0 radical (unpaired) electrons. The third-order valence-corrected chi connectivity index (χ3v) is 5.46. The number of nitrogens with zero attached hydrogens (tertiary/aromatic N) is 4. The molecule has 1 aliphatic heterocycles. The summed E-state index contributed by atoms with van der Waals surface area (Å²) in [6, 6.07) is 8.99. The van der Waals surface area contributed by atoms with Crippen molar-refractivity contribution in [3.05, 3.63) is 47.3 Å². The van der Waals surface area contributed by atoms with Crippen molar-refractivity contribution < 1.29 is 20.1 Å². The van der Waals surface area contributed by atoms with Crippen LogP contribution < -0.4 is 5.32 Å². The van der Waals surface area contributed by atoms with E-state index in [0.29, 0.717) is 44.5 Å². The third kappa shape index (κ3) is 5.13. The third-order valence-electron chi connectivity index (χ3n) is 5.46. The van der Waals surface area contributed by atoms with Crippen LogP contribution in [0.1, 0.15) is 17.0 Å². The van der Waals surface area contributed by atoms with Gasteiger partial charge in [-0.25, -0.2) is 4.98 Å². The number of benzene rings is 1. The Bertz CT molecular complexity index is 1030. The molecule has 0 aliphatic carbocycles. The molecule has 0 amide bonds. The number of rotatable bonds is 8. The number of aromatic nitrogens is 3. The Hall–Kier alpha value is -2.72. The number of hydrogen-bond donors (Lipinski definition) is 4. The van der Waals surface area contributed by atoms with E-state index in [0.717, 1.165) is 35.4 Å². The van der Waals surface area contributed by atoms with E-state index in [4.69, 9.17) is 4.74 Å². The lowest BCUT2D eigenvalue weighted by atomic mass is 10.2. The molecule has 3 heterocycles. The fourth-order valence-corrected chi connectivity index (χ4v) is 3.79. The van der Waals surface area contributed by atoms with Gasteiger partial charge in [-0.15, -0.1) is 0 Å². The number of morpholine rings is 1. The highest BCUT2D eigenvalue weighted by molar-refractivity contribution is 5.79. The average molecular weight is 428 g/mol. The van der Waals surface area contributed by atoms with Gasteiger partial charge in [-0.2, -0.15) is 0 Å². The Morgan fingerprint density at radius 2 is 1.97 bits per heavy atom. The van der Waals surface area contributed by atoms with E-state index < -0.39 is 6.10 Å². The molecule has 1 aliphatic rings. The SMILES string of the molecule is Cc1ccc(O)c(Cn2c(NCC(O)CN3CCOCC3)nc3cc(CO)ccc32)n1. The van der Waals surface area contributed by atoms with Crippen molar-refractivity contribution in [2.75, 3.05) is 44.7 Å². The van der Waals surface area contributed by atoms with Gasteiger partial charge in [0.05, 0.1) is 43.5 Å². The zero-order valence-electron chi connectivity index (χ0n) is 17.7. The lowest BCUT2D eigenvalue weighted by Gasteiger charge is -2.28. The maximum Gasteiger partial charge on any atom is 0.204 e. The molecule has 2 aromatic heterocycles. The molecule has 0 spiro atoms. The number of imidazole rings is 1. The van der Waals surface area contributed by atoms with Gasteiger partial charge in [0.25, 0.3) is 0 Å². The van der Waals surface area contributed by atoms with Gasteiger partial charge in [0.2, 0.25) is 5.95 Å². The highest BCUT2D eigenvalue weighted by Gasteiger charge is 2.18. The number of aliphatic hydroxyl groups is 2. The molecule has 4 N–H and O–H groups in total. The lowest BCUT2D eigenvalue weighted by Crippen LogP contribution is -2.42. The summed E-state index contributed by atoms with van der Waals surface area (Å²) in [5.41, 5.74) is 3.71. The maximum atomic E-state index is 10.5. The monoisotopic (exact) mass is 427 g/mol. The number of β-amino-alcohol motifs (C(OH)–C–C–N with tert-alkyl or cyclic N) is 1. The first-order valence-electron chi connectivity index (χ1n) is 10.5. The molecule has 1 saturated heterocycles. The number of fused-ring (bicyclic) bond motifs is 1. The van der Waals surface area contributed by atoms with Crippen molar-refractivity contribution >= 4 is 17.0 Å². The molecule has 4 rings (SSSR count). The van der Waals surface area contributed by atoms with Crippen LogP contribution in [0.25, 0.3) is 11.0 Å². The van der Waals surface area contributed by atoms with E-state index in [2.05, 4.69) is 20.2 Å². The molecule has 166 valence electrons.